The Morgan fingerprint density at radius 2 is 1.73 bits per heavy atom. The molecule has 2 aliphatic rings. The highest BCUT2D eigenvalue weighted by atomic mass is 19.1. The topological polar surface area (TPSA) is 48.5 Å². The van der Waals surface area contributed by atoms with Crippen LogP contribution < -0.4 is 5.32 Å². The second-order valence-corrected chi connectivity index (χ2v) is 11.5. The maximum absolute atomic E-state index is 13.4. The third kappa shape index (κ3) is 8.80. The van der Waals surface area contributed by atoms with E-state index in [-0.39, 0.29) is 17.9 Å². The number of urea groups is 1. The maximum Gasteiger partial charge on any atom is 0.318 e. The molecule has 0 bridgehead atoms. The van der Waals surface area contributed by atoms with Crippen molar-refractivity contribution in [1.82, 2.24) is 20.1 Å². The molecule has 2 fully saturated rings. The van der Waals surface area contributed by atoms with Crippen LogP contribution in [0.25, 0.3) is 0 Å². The summed E-state index contributed by atoms with van der Waals surface area (Å²) in [4.78, 5) is 22.2. The van der Waals surface area contributed by atoms with Crippen LogP contribution in [0.4, 0.5) is 9.18 Å². The fourth-order valence-electron chi connectivity index (χ4n) is 5.75. The number of carbonyl (C=O) groups excluding carboxylic acids is 1. The summed E-state index contributed by atoms with van der Waals surface area (Å²) in [7, 11) is 0. The Kier molecular flexibility index (Phi) is 10.4. The summed E-state index contributed by atoms with van der Waals surface area (Å²) in [5.74, 6) is 1.18. The number of rotatable bonds is 10. The highest BCUT2D eigenvalue weighted by Gasteiger charge is 2.29. The Balaban J connectivity index is 1.34. The Labute approximate surface area is 222 Å². The van der Waals surface area contributed by atoms with Crippen LogP contribution >= 0.6 is 0 Å². The van der Waals surface area contributed by atoms with E-state index in [1.165, 1.54) is 62.9 Å². The first-order valence-corrected chi connectivity index (χ1v) is 14.4. The molecule has 2 heterocycles. The van der Waals surface area contributed by atoms with Crippen molar-refractivity contribution in [2.45, 2.75) is 90.8 Å². The highest BCUT2D eigenvalue weighted by Crippen LogP contribution is 2.26. The largest absolute Gasteiger partial charge is 0.334 e. The molecular formula is C31H45FN4O. The van der Waals surface area contributed by atoms with Gasteiger partial charge in [0.05, 0.1) is 18.4 Å². The molecule has 1 aromatic heterocycles. The van der Waals surface area contributed by atoms with E-state index in [2.05, 4.69) is 53.3 Å². The number of hydrogen-bond donors (Lipinski definition) is 1. The molecule has 0 spiro atoms. The van der Waals surface area contributed by atoms with E-state index in [0.717, 1.165) is 49.5 Å². The van der Waals surface area contributed by atoms with Crippen molar-refractivity contribution < 1.29 is 9.18 Å². The summed E-state index contributed by atoms with van der Waals surface area (Å²) in [5, 5.41) is 3.15. The first-order chi connectivity index (χ1) is 18.0. The Morgan fingerprint density at radius 1 is 1.03 bits per heavy atom. The fourth-order valence-corrected chi connectivity index (χ4v) is 5.75. The second kappa shape index (κ2) is 13.9. The number of aromatic nitrogens is 1. The second-order valence-electron chi connectivity index (χ2n) is 11.5. The zero-order valence-electron chi connectivity index (χ0n) is 22.8. The number of halogens is 1. The number of amides is 2. The van der Waals surface area contributed by atoms with Crippen molar-refractivity contribution in [3.63, 3.8) is 0 Å². The number of aryl methyl sites for hydroxylation is 1. The summed E-state index contributed by atoms with van der Waals surface area (Å²) >= 11 is 0. The molecule has 0 atom stereocenters. The molecule has 1 saturated carbocycles. The van der Waals surface area contributed by atoms with E-state index < -0.39 is 0 Å². The molecule has 1 aliphatic carbocycles. The number of benzene rings is 1. The average molecular weight is 509 g/mol. The normalized spacial score (nSPS) is 17.7. The van der Waals surface area contributed by atoms with Crippen LogP contribution in [0.5, 0.6) is 0 Å². The summed E-state index contributed by atoms with van der Waals surface area (Å²) < 4.78 is 13.4. The molecule has 5 nitrogen and oxygen atoms in total. The van der Waals surface area contributed by atoms with Gasteiger partial charge in [-0.1, -0.05) is 57.4 Å². The highest BCUT2D eigenvalue weighted by molar-refractivity contribution is 5.74. The lowest BCUT2D eigenvalue weighted by Crippen LogP contribution is -2.50. The van der Waals surface area contributed by atoms with Gasteiger partial charge in [0.25, 0.3) is 0 Å². The van der Waals surface area contributed by atoms with Crippen LogP contribution in [0.2, 0.25) is 0 Å². The number of nitrogens with zero attached hydrogens (tertiary/aromatic N) is 3. The van der Waals surface area contributed by atoms with E-state index in [4.69, 9.17) is 0 Å². The van der Waals surface area contributed by atoms with E-state index in [0.29, 0.717) is 19.0 Å². The minimum absolute atomic E-state index is 0.0688. The van der Waals surface area contributed by atoms with Gasteiger partial charge in [-0.2, -0.15) is 0 Å². The summed E-state index contributed by atoms with van der Waals surface area (Å²) in [5.41, 5.74) is 3.16. The first-order valence-electron chi connectivity index (χ1n) is 14.4. The molecule has 1 aromatic carbocycles. The Morgan fingerprint density at radius 3 is 2.38 bits per heavy atom. The molecule has 4 rings (SSSR count). The lowest BCUT2D eigenvalue weighted by Gasteiger charge is -2.40. The third-order valence-corrected chi connectivity index (χ3v) is 8.10. The van der Waals surface area contributed by atoms with E-state index in [1.54, 1.807) is 6.07 Å². The molecule has 0 unspecified atom stereocenters. The fraction of sp³-hybridized carbons (Fsp3) is 0.613. The van der Waals surface area contributed by atoms with Crippen LogP contribution in [-0.2, 0) is 19.5 Å². The zero-order valence-corrected chi connectivity index (χ0v) is 22.8. The van der Waals surface area contributed by atoms with Gasteiger partial charge in [-0.3, -0.25) is 4.98 Å². The van der Waals surface area contributed by atoms with Crippen molar-refractivity contribution in [1.29, 1.82) is 0 Å². The molecule has 37 heavy (non-hydrogen) atoms. The van der Waals surface area contributed by atoms with Gasteiger partial charge in [-0.15, -0.1) is 0 Å². The zero-order chi connectivity index (χ0) is 26.0. The van der Waals surface area contributed by atoms with Crippen LogP contribution in [0.1, 0.15) is 82.0 Å². The number of carbonyl (C=O) groups is 1. The summed E-state index contributed by atoms with van der Waals surface area (Å²) in [6, 6.07) is 11.8. The van der Waals surface area contributed by atoms with E-state index >= 15 is 0 Å². The first kappa shape index (κ1) is 27.6. The molecule has 2 amide bonds. The van der Waals surface area contributed by atoms with Gasteiger partial charge in [0.1, 0.15) is 5.82 Å². The standard InChI is InChI=1S/C31H45FN4O/c1-24(2)8-9-25-10-12-26(13-11-25)20-34-31(37)36(23-29-15-14-28(32)21-33-29)30-16-18-35(19-17-30)22-27-6-4-3-5-7-27/h10-15,21,24,27,30H,3-9,16-20,22-23H2,1-2H3,(H,34,37). The molecular weight excluding hydrogens is 463 g/mol. The van der Waals surface area contributed by atoms with Crippen molar-refractivity contribution in [2.75, 3.05) is 19.6 Å². The average Bonchev–Trinajstić information content (AvgIpc) is 2.92. The van der Waals surface area contributed by atoms with Gasteiger partial charge in [0.2, 0.25) is 0 Å². The molecule has 0 radical (unpaired) electrons. The van der Waals surface area contributed by atoms with Gasteiger partial charge >= 0.3 is 6.03 Å². The van der Waals surface area contributed by atoms with Crippen LogP contribution in [0, 0.1) is 17.7 Å². The lowest BCUT2D eigenvalue weighted by molar-refractivity contribution is 0.102. The maximum atomic E-state index is 13.4. The van der Waals surface area contributed by atoms with Crippen LogP contribution in [-0.4, -0.2) is 46.5 Å². The van der Waals surface area contributed by atoms with E-state index in [1.807, 2.05) is 4.90 Å². The lowest BCUT2D eigenvalue weighted by atomic mass is 9.88. The smallest absolute Gasteiger partial charge is 0.318 e. The van der Waals surface area contributed by atoms with Gasteiger partial charge in [0, 0.05) is 32.2 Å². The molecule has 2 aromatic rings. The molecule has 202 valence electrons. The number of piperidine rings is 1. The molecule has 6 heteroatoms. The van der Waals surface area contributed by atoms with Gasteiger partial charge in [-0.25, -0.2) is 9.18 Å². The number of hydrogen-bond acceptors (Lipinski definition) is 3. The van der Waals surface area contributed by atoms with E-state index in [9.17, 15) is 9.18 Å². The predicted octanol–water partition coefficient (Wildman–Crippen LogP) is 6.57. The van der Waals surface area contributed by atoms with Crippen molar-refractivity contribution in [3.05, 3.63) is 65.2 Å². The molecule has 1 saturated heterocycles. The third-order valence-electron chi connectivity index (χ3n) is 8.10. The number of nitrogens with one attached hydrogen (secondary N) is 1. The van der Waals surface area contributed by atoms with Gasteiger partial charge < -0.3 is 15.1 Å². The number of likely N-dealkylation sites (tertiary alicyclic amines) is 1. The summed E-state index contributed by atoms with van der Waals surface area (Å²) in [6.45, 7) is 8.64. The molecule has 1 N–H and O–H groups in total. The predicted molar refractivity (Wildman–Crippen MR) is 148 cm³/mol. The Hall–Kier alpha value is -2.47. The van der Waals surface area contributed by atoms with Crippen LogP contribution in [0.3, 0.4) is 0 Å². The monoisotopic (exact) mass is 508 g/mol. The van der Waals surface area contributed by atoms with Crippen molar-refractivity contribution in [3.8, 4) is 0 Å². The molecule has 1 aliphatic heterocycles. The minimum atomic E-state index is -0.354. The Bertz CT molecular complexity index is 948. The number of pyridine rings is 1. The summed E-state index contributed by atoms with van der Waals surface area (Å²) in [6.07, 6.45) is 12.3. The van der Waals surface area contributed by atoms with Crippen molar-refractivity contribution in [2.24, 2.45) is 11.8 Å². The quantitative estimate of drug-likeness (QED) is 0.395. The van der Waals surface area contributed by atoms with Gasteiger partial charge in [0.15, 0.2) is 0 Å². The van der Waals surface area contributed by atoms with Gasteiger partial charge in [-0.05, 0) is 73.6 Å². The van der Waals surface area contributed by atoms with Crippen molar-refractivity contribution >= 4 is 6.03 Å². The minimum Gasteiger partial charge on any atom is -0.334 e. The van der Waals surface area contributed by atoms with Crippen LogP contribution in [0.15, 0.2) is 42.6 Å². The SMILES string of the molecule is CC(C)CCc1ccc(CNC(=O)N(Cc2ccc(F)cn2)C2CCN(CC3CCCCC3)CC2)cc1.